The van der Waals surface area contributed by atoms with E-state index in [4.69, 9.17) is 21.1 Å². The standard InChI is InChI=1S/C16H17ClN2O2/c1-11-4-6-13(9-14(11)17)19-18-10-12-5-7-15(20-2)16(8-12)21-3/h4-10,19H,1-3H3/b18-10-. The largest absolute Gasteiger partial charge is 0.493 e. The smallest absolute Gasteiger partial charge is 0.161 e. The number of anilines is 1. The number of nitrogens with zero attached hydrogens (tertiary/aromatic N) is 1. The number of ether oxygens (including phenoxy) is 2. The third-order valence-corrected chi connectivity index (χ3v) is 3.39. The zero-order valence-corrected chi connectivity index (χ0v) is 12.9. The van der Waals surface area contributed by atoms with Gasteiger partial charge in [-0.2, -0.15) is 5.10 Å². The van der Waals surface area contributed by atoms with Crippen LogP contribution in [0.3, 0.4) is 0 Å². The Kier molecular flexibility index (Phi) is 5.06. The molecule has 0 fully saturated rings. The molecule has 0 spiro atoms. The van der Waals surface area contributed by atoms with Gasteiger partial charge in [0.2, 0.25) is 0 Å². The summed E-state index contributed by atoms with van der Waals surface area (Å²) in [4.78, 5) is 0. The molecule has 0 bridgehead atoms. The molecular weight excluding hydrogens is 288 g/mol. The van der Waals surface area contributed by atoms with Gasteiger partial charge in [0.15, 0.2) is 11.5 Å². The van der Waals surface area contributed by atoms with Crippen LogP contribution in [0.1, 0.15) is 11.1 Å². The first-order valence-corrected chi connectivity index (χ1v) is 6.79. The second-order valence-electron chi connectivity index (χ2n) is 4.45. The van der Waals surface area contributed by atoms with Crippen LogP contribution >= 0.6 is 11.6 Å². The summed E-state index contributed by atoms with van der Waals surface area (Å²) in [5.41, 5.74) is 5.71. The summed E-state index contributed by atoms with van der Waals surface area (Å²) in [7, 11) is 3.21. The Labute approximate surface area is 129 Å². The average molecular weight is 305 g/mol. The van der Waals surface area contributed by atoms with Crippen LogP contribution in [0.15, 0.2) is 41.5 Å². The molecule has 1 N–H and O–H groups in total. The van der Waals surface area contributed by atoms with E-state index >= 15 is 0 Å². The summed E-state index contributed by atoms with van der Waals surface area (Å²) >= 11 is 6.06. The molecule has 0 amide bonds. The van der Waals surface area contributed by atoms with Crippen LogP contribution in [0.25, 0.3) is 0 Å². The van der Waals surface area contributed by atoms with Crippen molar-refractivity contribution in [3.05, 3.63) is 52.5 Å². The zero-order chi connectivity index (χ0) is 15.2. The molecule has 0 radical (unpaired) electrons. The number of benzene rings is 2. The Hall–Kier alpha value is -2.20. The van der Waals surface area contributed by atoms with E-state index in [-0.39, 0.29) is 0 Å². The van der Waals surface area contributed by atoms with Gasteiger partial charge in [-0.25, -0.2) is 0 Å². The maximum atomic E-state index is 6.06. The van der Waals surface area contributed by atoms with E-state index in [1.54, 1.807) is 20.4 Å². The van der Waals surface area contributed by atoms with Crippen LogP contribution in [-0.2, 0) is 0 Å². The monoisotopic (exact) mass is 304 g/mol. The number of hydrazone groups is 1. The Morgan fingerprint density at radius 3 is 2.48 bits per heavy atom. The molecule has 0 heterocycles. The minimum absolute atomic E-state index is 0.667. The van der Waals surface area contributed by atoms with Crippen molar-refractivity contribution in [1.29, 1.82) is 0 Å². The SMILES string of the molecule is COc1ccc(/C=N\Nc2ccc(C)c(Cl)c2)cc1OC. The van der Waals surface area contributed by atoms with Gasteiger partial charge >= 0.3 is 0 Å². The lowest BCUT2D eigenvalue weighted by atomic mass is 10.2. The van der Waals surface area contributed by atoms with Gasteiger partial charge in [0.25, 0.3) is 0 Å². The molecule has 0 unspecified atom stereocenters. The molecule has 2 aromatic rings. The molecule has 0 atom stereocenters. The molecule has 0 saturated heterocycles. The first kappa shape index (κ1) is 15.2. The highest BCUT2D eigenvalue weighted by Gasteiger charge is 2.03. The highest BCUT2D eigenvalue weighted by Crippen LogP contribution is 2.27. The maximum absolute atomic E-state index is 6.06. The lowest BCUT2D eigenvalue weighted by molar-refractivity contribution is 0.355. The Morgan fingerprint density at radius 2 is 1.81 bits per heavy atom. The summed E-state index contributed by atoms with van der Waals surface area (Å²) in [5, 5.41) is 4.89. The second kappa shape index (κ2) is 6.99. The Balaban J connectivity index is 2.08. The fourth-order valence-electron chi connectivity index (χ4n) is 1.78. The Bertz CT molecular complexity index is 657. The molecule has 5 heteroatoms. The highest BCUT2D eigenvalue weighted by molar-refractivity contribution is 6.31. The van der Waals surface area contributed by atoms with Crippen LogP contribution in [0.2, 0.25) is 5.02 Å². The second-order valence-corrected chi connectivity index (χ2v) is 4.86. The molecule has 0 aliphatic heterocycles. The summed E-state index contributed by atoms with van der Waals surface area (Å²) in [6.45, 7) is 1.96. The predicted octanol–water partition coefficient (Wildman–Crippen LogP) is 4.11. The predicted molar refractivity (Wildman–Crippen MR) is 87.0 cm³/mol. The molecule has 0 aromatic heterocycles. The van der Waals surface area contributed by atoms with Crippen LogP contribution in [-0.4, -0.2) is 20.4 Å². The van der Waals surface area contributed by atoms with Crippen molar-refractivity contribution in [3.8, 4) is 11.5 Å². The molecule has 4 nitrogen and oxygen atoms in total. The van der Waals surface area contributed by atoms with Gasteiger partial charge in [-0.1, -0.05) is 17.7 Å². The van der Waals surface area contributed by atoms with Crippen molar-refractivity contribution in [2.24, 2.45) is 5.10 Å². The van der Waals surface area contributed by atoms with Crippen molar-refractivity contribution in [2.75, 3.05) is 19.6 Å². The Morgan fingerprint density at radius 1 is 1.05 bits per heavy atom. The van der Waals surface area contributed by atoms with Crippen molar-refractivity contribution in [1.82, 2.24) is 0 Å². The van der Waals surface area contributed by atoms with Crippen molar-refractivity contribution < 1.29 is 9.47 Å². The number of hydrogen-bond donors (Lipinski definition) is 1. The van der Waals surface area contributed by atoms with Gasteiger partial charge in [-0.3, -0.25) is 5.43 Å². The third-order valence-electron chi connectivity index (χ3n) is 2.99. The van der Waals surface area contributed by atoms with E-state index in [0.29, 0.717) is 16.5 Å². The molecule has 2 rings (SSSR count). The van der Waals surface area contributed by atoms with Gasteiger partial charge in [-0.05, 0) is 48.4 Å². The summed E-state index contributed by atoms with van der Waals surface area (Å²) < 4.78 is 10.4. The van der Waals surface area contributed by atoms with Gasteiger partial charge in [-0.15, -0.1) is 0 Å². The number of aryl methyl sites for hydroxylation is 1. The topological polar surface area (TPSA) is 42.8 Å². The number of nitrogens with one attached hydrogen (secondary N) is 1. The summed E-state index contributed by atoms with van der Waals surface area (Å²) in [6.07, 6.45) is 1.70. The lowest BCUT2D eigenvalue weighted by Gasteiger charge is -2.07. The van der Waals surface area contributed by atoms with Gasteiger partial charge in [0.1, 0.15) is 0 Å². The first-order chi connectivity index (χ1) is 10.1. The van der Waals surface area contributed by atoms with Crippen molar-refractivity contribution in [2.45, 2.75) is 6.92 Å². The van der Waals surface area contributed by atoms with Crippen LogP contribution < -0.4 is 14.9 Å². The number of methoxy groups -OCH3 is 2. The maximum Gasteiger partial charge on any atom is 0.161 e. The normalized spacial score (nSPS) is 10.7. The average Bonchev–Trinajstić information content (AvgIpc) is 2.50. The quantitative estimate of drug-likeness (QED) is 0.667. The molecule has 2 aromatic carbocycles. The zero-order valence-electron chi connectivity index (χ0n) is 12.2. The minimum Gasteiger partial charge on any atom is -0.493 e. The van der Waals surface area contributed by atoms with Crippen molar-refractivity contribution in [3.63, 3.8) is 0 Å². The fourth-order valence-corrected chi connectivity index (χ4v) is 1.96. The van der Waals surface area contributed by atoms with Crippen LogP contribution in [0.4, 0.5) is 5.69 Å². The summed E-state index contributed by atoms with van der Waals surface area (Å²) in [5.74, 6) is 1.35. The van der Waals surface area contributed by atoms with Gasteiger partial charge in [0, 0.05) is 5.02 Å². The van der Waals surface area contributed by atoms with Crippen LogP contribution in [0, 0.1) is 6.92 Å². The number of halogens is 1. The van der Waals surface area contributed by atoms with E-state index in [0.717, 1.165) is 16.8 Å². The molecule has 21 heavy (non-hydrogen) atoms. The van der Waals surface area contributed by atoms with Gasteiger partial charge in [0.05, 0.1) is 26.1 Å². The van der Waals surface area contributed by atoms with E-state index in [1.807, 2.05) is 43.3 Å². The number of hydrogen-bond acceptors (Lipinski definition) is 4. The van der Waals surface area contributed by atoms with E-state index in [9.17, 15) is 0 Å². The molecule has 0 aliphatic rings. The van der Waals surface area contributed by atoms with Gasteiger partial charge < -0.3 is 9.47 Å². The van der Waals surface area contributed by atoms with Crippen LogP contribution in [0.5, 0.6) is 11.5 Å². The van der Waals surface area contributed by atoms with Crippen molar-refractivity contribution >= 4 is 23.5 Å². The van der Waals surface area contributed by atoms with E-state index < -0.39 is 0 Å². The first-order valence-electron chi connectivity index (χ1n) is 6.41. The molecular formula is C16H17ClN2O2. The highest BCUT2D eigenvalue weighted by atomic mass is 35.5. The lowest BCUT2D eigenvalue weighted by Crippen LogP contribution is -1.94. The molecule has 0 aliphatic carbocycles. The third kappa shape index (κ3) is 3.89. The molecule has 110 valence electrons. The molecule has 0 saturated carbocycles. The minimum atomic E-state index is 0.667. The van der Waals surface area contributed by atoms with E-state index in [2.05, 4.69) is 10.5 Å². The summed E-state index contributed by atoms with van der Waals surface area (Å²) in [6, 6.07) is 11.3. The fraction of sp³-hybridized carbons (Fsp3) is 0.188. The van der Waals surface area contributed by atoms with E-state index in [1.165, 1.54) is 0 Å². The number of rotatable bonds is 5.